The second kappa shape index (κ2) is 12.0. The van der Waals surface area contributed by atoms with E-state index in [2.05, 4.69) is 5.32 Å². The minimum atomic E-state index is -3.87. The molecule has 2 rings (SSSR count). The van der Waals surface area contributed by atoms with Crippen molar-refractivity contribution >= 4 is 62.3 Å². The number of carbonyl (C=O) groups excluding carboxylic acids is 2. The standard InChI is InChI=1S/C25H32Cl3N3O4S/c1-7-22(24(33)29-25(3,4)5)30(14-18-19(26)9-8-10-20(18)27)23(32)15-31(36(6,34)35)17-12-11-16(2)21(28)13-17/h8-13,22H,7,14-15H2,1-6H3,(H,29,33)/t22-/m1/s1. The lowest BCUT2D eigenvalue weighted by Gasteiger charge is -2.35. The number of anilines is 1. The summed E-state index contributed by atoms with van der Waals surface area (Å²) in [5.74, 6) is -0.963. The van der Waals surface area contributed by atoms with Crippen LogP contribution in [0.2, 0.25) is 15.1 Å². The zero-order valence-electron chi connectivity index (χ0n) is 21.2. The fraction of sp³-hybridized carbons (Fsp3) is 0.440. The van der Waals surface area contributed by atoms with E-state index >= 15 is 0 Å². The molecule has 0 aliphatic carbocycles. The van der Waals surface area contributed by atoms with Gasteiger partial charge in [0.1, 0.15) is 12.6 Å². The van der Waals surface area contributed by atoms with Gasteiger partial charge in [-0.3, -0.25) is 13.9 Å². The highest BCUT2D eigenvalue weighted by molar-refractivity contribution is 7.92. The summed E-state index contributed by atoms with van der Waals surface area (Å²) in [6.45, 7) is 8.44. The molecule has 2 amide bonds. The summed E-state index contributed by atoms with van der Waals surface area (Å²) >= 11 is 19.0. The number of aryl methyl sites for hydroxylation is 1. The number of amides is 2. The van der Waals surface area contributed by atoms with Crippen LogP contribution in [0.1, 0.15) is 45.2 Å². The molecule has 0 aliphatic rings. The number of sulfonamides is 1. The van der Waals surface area contributed by atoms with Crippen LogP contribution in [0.5, 0.6) is 0 Å². The van der Waals surface area contributed by atoms with Gasteiger partial charge in [0.05, 0.1) is 11.9 Å². The lowest BCUT2D eigenvalue weighted by molar-refractivity contribution is -0.141. The third-order valence-electron chi connectivity index (χ3n) is 5.40. The van der Waals surface area contributed by atoms with Crippen LogP contribution in [0.4, 0.5) is 5.69 Å². The molecule has 0 saturated carbocycles. The van der Waals surface area contributed by atoms with E-state index in [4.69, 9.17) is 34.8 Å². The number of nitrogens with one attached hydrogen (secondary N) is 1. The molecule has 0 fully saturated rings. The molecule has 198 valence electrons. The maximum Gasteiger partial charge on any atom is 0.244 e. The topological polar surface area (TPSA) is 86.8 Å². The van der Waals surface area contributed by atoms with Crippen LogP contribution < -0.4 is 9.62 Å². The van der Waals surface area contributed by atoms with E-state index in [0.29, 0.717) is 20.6 Å². The monoisotopic (exact) mass is 575 g/mol. The Labute approximate surface area is 228 Å². The molecule has 0 aliphatic heterocycles. The molecular weight excluding hydrogens is 545 g/mol. The van der Waals surface area contributed by atoms with Crippen LogP contribution in [-0.2, 0) is 26.2 Å². The quantitative estimate of drug-likeness (QED) is 0.430. The molecule has 0 radical (unpaired) electrons. The number of hydrogen-bond donors (Lipinski definition) is 1. The van der Waals surface area contributed by atoms with Gasteiger partial charge in [-0.2, -0.15) is 0 Å². The molecule has 0 unspecified atom stereocenters. The molecule has 0 heterocycles. The highest BCUT2D eigenvalue weighted by atomic mass is 35.5. The second-order valence-corrected chi connectivity index (χ2v) is 12.7. The fourth-order valence-electron chi connectivity index (χ4n) is 3.58. The molecule has 2 aromatic rings. The van der Waals surface area contributed by atoms with E-state index in [0.717, 1.165) is 16.1 Å². The number of carbonyl (C=O) groups is 2. The third kappa shape index (κ3) is 8.00. The number of rotatable bonds is 9. The van der Waals surface area contributed by atoms with E-state index in [1.165, 1.54) is 11.0 Å². The van der Waals surface area contributed by atoms with Crippen molar-refractivity contribution < 1.29 is 18.0 Å². The molecule has 1 atom stereocenters. The van der Waals surface area contributed by atoms with Crippen LogP contribution in [0, 0.1) is 6.92 Å². The summed E-state index contributed by atoms with van der Waals surface area (Å²) in [5, 5.41) is 3.93. The molecule has 0 saturated heterocycles. The van der Waals surface area contributed by atoms with Crippen LogP contribution >= 0.6 is 34.8 Å². The first-order valence-corrected chi connectivity index (χ1v) is 14.3. The number of benzene rings is 2. The van der Waals surface area contributed by atoms with Gasteiger partial charge in [-0.25, -0.2) is 8.42 Å². The Morgan fingerprint density at radius 1 is 1.03 bits per heavy atom. The smallest absolute Gasteiger partial charge is 0.244 e. The first-order chi connectivity index (χ1) is 16.5. The Bertz CT molecular complexity index is 1210. The summed E-state index contributed by atoms with van der Waals surface area (Å²) in [5.41, 5.74) is 0.920. The molecule has 0 spiro atoms. The molecule has 36 heavy (non-hydrogen) atoms. The summed E-state index contributed by atoms with van der Waals surface area (Å²) < 4.78 is 26.4. The average molecular weight is 577 g/mol. The normalized spacial score (nSPS) is 12.7. The minimum absolute atomic E-state index is 0.0837. The van der Waals surface area contributed by atoms with Crippen LogP contribution in [0.25, 0.3) is 0 Å². The lowest BCUT2D eigenvalue weighted by atomic mass is 10.1. The maximum absolute atomic E-state index is 13.7. The van der Waals surface area contributed by atoms with Crippen LogP contribution in [0.15, 0.2) is 36.4 Å². The largest absolute Gasteiger partial charge is 0.350 e. The second-order valence-electron chi connectivity index (χ2n) is 9.59. The molecule has 1 N–H and O–H groups in total. The zero-order valence-corrected chi connectivity index (χ0v) is 24.3. The zero-order chi connectivity index (χ0) is 27.4. The first kappa shape index (κ1) is 30.2. The maximum atomic E-state index is 13.7. The lowest BCUT2D eigenvalue weighted by Crippen LogP contribution is -2.55. The number of halogens is 3. The van der Waals surface area contributed by atoms with Crippen molar-refractivity contribution in [3.63, 3.8) is 0 Å². The van der Waals surface area contributed by atoms with Gasteiger partial charge in [-0.1, -0.05) is 53.9 Å². The SMILES string of the molecule is CC[C@H](C(=O)NC(C)(C)C)N(Cc1c(Cl)cccc1Cl)C(=O)CN(c1ccc(C)c(Cl)c1)S(C)(=O)=O. The van der Waals surface area contributed by atoms with Gasteiger partial charge in [0, 0.05) is 32.7 Å². The van der Waals surface area contributed by atoms with Crippen LogP contribution in [0.3, 0.4) is 0 Å². The van der Waals surface area contributed by atoms with Gasteiger partial charge in [0.25, 0.3) is 0 Å². The number of hydrogen-bond acceptors (Lipinski definition) is 4. The van der Waals surface area contributed by atoms with E-state index in [1.54, 1.807) is 44.2 Å². The van der Waals surface area contributed by atoms with Crippen molar-refractivity contribution in [2.24, 2.45) is 0 Å². The van der Waals surface area contributed by atoms with E-state index < -0.39 is 34.1 Å². The Morgan fingerprint density at radius 3 is 2.08 bits per heavy atom. The van der Waals surface area contributed by atoms with Gasteiger partial charge in [-0.05, 0) is 63.9 Å². The fourth-order valence-corrected chi connectivity index (χ4v) is 5.11. The summed E-state index contributed by atoms with van der Waals surface area (Å²) in [7, 11) is -3.87. The van der Waals surface area contributed by atoms with E-state index in [-0.39, 0.29) is 24.6 Å². The molecular formula is C25H32Cl3N3O4S. The van der Waals surface area contributed by atoms with Gasteiger partial charge >= 0.3 is 0 Å². The predicted octanol–water partition coefficient (Wildman–Crippen LogP) is 5.44. The predicted molar refractivity (Wildman–Crippen MR) is 147 cm³/mol. The molecule has 0 aromatic heterocycles. The molecule has 11 heteroatoms. The van der Waals surface area contributed by atoms with Crippen LogP contribution in [-0.4, -0.2) is 49.5 Å². The summed E-state index contributed by atoms with van der Waals surface area (Å²) in [6, 6.07) is 8.80. The molecule has 7 nitrogen and oxygen atoms in total. The average Bonchev–Trinajstić information content (AvgIpc) is 2.73. The molecule has 2 aromatic carbocycles. The Hall–Kier alpha value is -2.00. The van der Waals surface area contributed by atoms with Crippen molar-refractivity contribution in [3.05, 3.63) is 62.6 Å². The Kier molecular flexibility index (Phi) is 10.1. The first-order valence-electron chi connectivity index (χ1n) is 11.3. The van der Waals surface area contributed by atoms with Crippen molar-refractivity contribution in [2.75, 3.05) is 17.1 Å². The van der Waals surface area contributed by atoms with Crippen molar-refractivity contribution in [1.29, 1.82) is 0 Å². The molecule has 0 bridgehead atoms. The van der Waals surface area contributed by atoms with E-state index in [9.17, 15) is 18.0 Å². The number of nitrogens with zero attached hydrogens (tertiary/aromatic N) is 2. The summed E-state index contributed by atoms with van der Waals surface area (Å²) in [6.07, 6.45) is 1.29. The van der Waals surface area contributed by atoms with Crippen molar-refractivity contribution in [2.45, 2.75) is 59.2 Å². The van der Waals surface area contributed by atoms with Crippen molar-refractivity contribution in [1.82, 2.24) is 10.2 Å². The van der Waals surface area contributed by atoms with Gasteiger partial charge in [-0.15, -0.1) is 0 Å². The van der Waals surface area contributed by atoms with Gasteiger partial charge < -0.3 is 10.2 Å². The highest BCUT2D eigenvalue weighted by Crippen LogP contribution is 2.29. The Morgan fingerprint density at radius 2 is 1.61 bits per heavy atom. The Balaban J connectivity index is 2.54. The minimum Gasteiger partial charge on any atom is -0.350 e. The van der Waals surface area contributed by atoms with Crippen molar-refractivity contribution in [3.8, 4) is 0 Å². The van der Waals surface area contributed by atoms with Gasteiger partial charge in [0.15, 0.2) is 0 Å². The highest BCUT2D eigenvalue weighted by Gasteiger charge is 2.33. The van der Waals surface area contributed by atoms with E-state index in [1.807, 2.05) is 20.8 Å². The summed E-state index contributed by atoms with van der Waals surface area (Å²) in [4.78, 5) is 28.3. The third-order valence-corrected chi connectivity index (χ3v) is 7.65. The van der Waals surface area contributed by atoms with Gasteiger partial charge in [0.2, 0.25) is 21.8 Å².